The van der Waals surface area contributed by atoms with Gasteiger partial charge in [-0.2, -0.15) is 0 Å². The Kier molecular flexibility index (Phi) is 6.49. The molecule has 1 aliphatic heterocycles. The molecule has 3 N–H and O–H groups in total. The van der Waals surface area contributed by atoms with Gasteiger partial charge in [-0.15, -0.1) is 0 Å². The van der Waals surface area contributed by atoms with Crippen LogP contribution in [0.15, 0.2) is 88.5 Å². The first-order valence-electron chi connectivity index (χ1n) is 12.9. The second-order valence-corrected chi connectivity index (χ2v) is 9.78. The number of piperidine rings is 1. The van der Waals surface area contributed by atoms with Crippen LogP contribution in [0, 0.1) is 0 Å². The number of aliphatic hydroxyl groups excluding tert-OH is 1. The number of H-pyrrole nitrogens is 2. The molecule has 192 valence electrons. The molecular formula is C30H29N5O3. The molecule has 0 spiro atoms. The molecule has 0 saturated carbocycles. The van der Waals surface area contributed by atoms with Crippen molar-refractivity contribution in [2.45, 2.75) is 32.0 Å². The van der Waals surface area contributed by atoms with Gasteiger partial charge < -0.3 is 15.1 Å². The molecule has 8 nitrogen and oxygen atoms in total. The number of aromatic amines is 2. The van der Waals surface area contributed by atoms with Crippen LogP contribution in [-0.2, 0) is 13.2 Å². The normalized spacial score (nSPS) is 14.8. The summed E-state index contributed by atoms with van der Waals surface area (Å²) < 4.78 is 1.92. The highest BCUT2D eigenvalue weighted by molar-refractivity contribution is 5.78. The molecule has 0 bridgehead atoms. The lowest BCUT2D eigenvalue weighted by molar-refractivity contribution is 0.180. The van der Waals surface area contributed by atoms with E-state index < -0.39 is 6.61 Å². The topological polar surface area (TPSA) is 107 Å². The molecular weight excluding hydrogens is 478 g/mol. The Bertz CT molecular complexity index is 1680. The van der Waals surface area contributed by atoms with Crippen LogP contribution in [0.25, 0.3) is 33.5 Å². The summed E-state index contributed by atoms with van der Waals surface area (Å²) in [5, 5.41) is 9.62. The van der Waals surface area contributed by atoms with Crippen molar-refractivity contribution >= 4 is 11.0 Å². The quantitative estimate of drug-likeness (QED) is 0.321. The number of hydrogen-bond donors (Lipinski definition) is 3. The van der Waals surface area contributed by atoms with Crippen LogP contribution in [-0.4, -0.2) is 42.6 Å². The SMILES string of the molecule is O=c1[nH]c(-c2ccccc2)c(-c2ccc(CN3CCC(n4c(=O)[nH]c5ccccc54)CC3)cc2)nc1CO. The summed E-state index contributed by atoms with van der Waals surface area (Å²) in [6.45, 7) is 2.23. The van der Waals surface area contributed by atoms with Crippen molar-refractivity contribution in [1.82, 2.24) is 24.4 Å². The second-order valence-electron chi connectivity index (χ2n) is 9.78. The predicted molar refractivity (Wildman–Crippen MR) is 148 cm³/mol. The zero-order valence-corrected chi connectivity index (χ0v) is 20.9. The molecule has 38 heavy (non-hydrogen) atoms. The summed E-state index contributed by atoms with van der Waals surface area (Å²) in [4.78, 5) is 37.8. The second kappa shape index (κ2) is 10.2. The van der Waals surface area contributed by atoms with Gasteiger partial charge >= 0.3 is 5.69 Å². The molecule has 0 unspecified atom stereocenters. The van der Waals surface area contributed by atoms with Crippen LogP contribution in [0.1, 0.15) is 30.1 Å². The molecule has 0 aliphatic carbocycles. The number of aliphatic hydroxyl groups is 1. The first-order chi connectivity index (χ1) is 18.6. The van der Waals surface area contributed by atoms with Gasteiger partial charge in [0.25, 0.3) is 5.56 Å². The van der Waals surface area contributed by atoms with Crippen LogP contribution in [0.4, 0.5) is 0 Å². The number of nitrogens with one attached hydrogen (secondary N) is 2. The van der Waals surface area contributed by atoms with E-state index in [2.05, 4.69) is 32.0 Å². The third-order valence-electron chi connectivity index (χ3n) is 7.38. The molecule has 5 aromatic rings. The summed E-state index contributed by atoms with van der Waals surface area (Å²) in [6.07, 6.45) is 1.84. The van der Waals surface area contributed by atoms with Gasteiger partial charge in [-0.1, -0.05) is 66.7 Å². The zero-order valence-electron chi connectivity index (χ0n) is 20.9. The minimum Gasteiger partial charge on any atom is -0.390 e. The number of aromatic nitrogens is 4. The van der Waals surface area contributed by atoms with Gasteiger partial charge in [0.05, 0.1) is 29.0 Å². The Morgan fingerprint density at radius 1 is 0.842 bits per heavy atom. The Hall–Kier alpha value is -4.27. The van der Waals surface area contributed by atoms with Gasteiger partial charge in [0.1, 0.15) is 5.69 Å². The monoisotopic (exact) mass is 507 g/mol. The molecule has 0 amide bonds. The number of likely N-dealkylation sites (tertiary alicyclic amines) is 1. The molecule has 3 heterocycles. The predicted octanol–water partition coefficient (Wildman–Crippen LogP) is 4.08. The van der Waals surface area contributed by atoms with Crippen molar-refractivity contribution < 1.29 is 5.11 Å². The molecule has 1 aliphatic rings. The molecule has 0 radical (unpaired) electrons. The van der Waals surface area contributed by atoms with E-state index in [4.69, 9.17) is 0 Å². The number of nitrogens with zero attached hydrogens (tertiary/aromatic N) is 3. The van der Waals surface area contributed by atoms with Gasteiger partial charge in [-0.25, -0.2) is 9.78 Å². The number of benzene rings is 3. The van der Waals surface area contributed by atoms with E-state index in [0.717, 1.165) is 54.6 Å². The Morgan fingerprint density at radius 2 is 1.55 bits per heavy atom. The van der Waals surface area contributed by atoms with E-state index >= 15 is 0 Å². The van der Waals surface area contributed by atoms with Crippen molar-refractivity contribution in [3.63, 3.8) is 0 Å². The maximum atomic E-state index is 12.6. The highest BCUT2D eigenvalue weighted by Gasteiger charge is 2.23. The molecule has 6 rings (SSSR count). The first kappa shape index (κ1) is 24.1. The lowest BCUT2D eigenvalue weighted by Crippen LogP contribution is -2.36. The fourth-order valence-corrected chi connectivity index (χ4v) is 5.41. The molecule has 8 heteroatoms. The van der Waals surface area contributed by atoms with Gasteiger partial charge in [-0.05, 0) is 30.5 Å². The van der Waals surface area contributed by atoms with Gasteiger partial charge in [0, 0.05) is 36.8 Å². The number of hydrogen-bond acceptors (Lipinski definition) is 5. The van der Waals surface area contributed by atoms with Crippen molar-refractivity contribution in [3.05, 3.63) is 111 Å². The highest BCUT2D eigenvalue weighted by Crippen LogP contribution is 2.29. The average molecular weight is 508 g/mol. The average Bonchev–Trinajstić information content (AvgIpc) is 3.30. The minimum atomic E-state index is -0.421. The van der Waals surface area contributed by atoms with Crippen LogP contribution in [0.2, 0.25) is 0 Å². The highest BCUT2D eigenvalue weighted by atomic mass is 16.3. The maximum absolute atomic E-state index is 12.6. The third kappa shape index (κ3) is 4.60. The van der Waals surface area contributed by atoms with Crippen LogP contribution >= 0.6 is 0 Å². The Balaban J connectivity index is 1.18. The van der Waals surface area contributed by atoms with Crippen molar-refractivity contribution in [3.8, 4) is 22.5 Å². The number of rotatable bonds is 6. The fraction of sp³-hybridized carbons (Fsp3) is 0.233. The summed E-state index contributed by atoms with van der Waals surface area (Å²) in [5.41, 5.74) is 5.73. The standard InChI is InChI=1S/C30H29N5O3/c36-19-25-29(37)33-28(21-6-2-1-3-7-21)27(31-25)22-12-10-20(11-13-22)18-34-16-14-23(15-17-34)35-26-9-5-4-8-24(26)32-30(35)38/h1-13,23,36H,14-19H2,(H,32,38)(H,33,37). The van der Waals surface area contributed by atoms with E-state index in [1.807, 2.05) is 71.3 Å². The smallest absolute Gasteiger partial charge is 0.326 e. The van der Waals surface area contributed by atoms with Crippen molar-refractivity contribution in [2.75, 3.05) is 13.1 Å². The molecule has 1 saturated heterocycles. The third-order valence-corrected chi connectivity index (χ3v) is 7.38. The largest absolute Gasteiger partial charge is 0.390 e. The number of imidazole rings is 1. The summed E-state index contributed by atoms with van der Waals surface area (Å²) >= 11 is 0. The van der Waals surface area contributed by atoms with Crippen molar-refractivity contribution in [1.29, 1.82) is 0 Å². The molecule has 1 fully saturated rings. The van der Waals surface area contributed by atoms with Gasteiger partial charge in [0.2, 0.25) is 0 Å². The Morgan fingerprint density at radius 3 is 2.29 bits per heavy atom. The van der Waals surface area contributed by atoms with Gasteiger partial charge in [-0.3, -0.25) is 14.3 Å². The Labute approximate surface area is 219 Å². The number of para-hydroxylation sites is 2. The molecule has 3 aromatic carbocycles. The van der Waals surface area contributed by atoms with Crippen LogP contribution < -0.4 is 11.2 Å². The fourth-order valence-electron chi connectivity index (χ4n) is 5.41. The van der Waals surface area contributed by atoms with Gasteiger partial charge in [0.15, 0.2) is 0 Å². The van der Waals surface area contributed by atoms with Crippen LogP contribution in [0.3, 0.4) is 0 Å². The molecule has 2 aromatic heterocycles. The van der Waals surface area contributed by atoms with E-state index in [9.17, 15) is 14.7 Å². The van der Waals surface area contributed by atoms with E-state index in [0.29, 0.717) is 11.4 Å². The summed E-state index contributed by atoms with van der Waals surface area (Å²) in [7, 11) is 0. The lowest BCUT2D eigenvalue weighted by Gasteiger charge is -2.32. The van der Waals surface area contributed by atoms with E-state index in [1.54, 1.807) is 0 Å². The van der Waals surface area contributed by atoms with Crippen molar-refractivity contribution in [2.24, 2.45) is 0 Å². The van der Waals surface area contributed by atoms with Crippen LogP contribution in [0.5, 0.6) is 0 Å². The molecule has 0 atom stereocenters. The van der Waals surface area contributed by atoms with E-state index in [1.165, 1.54) is 5.56 Å². The lowest BCUT2D eigenvalue weighted by atomic mass is 10.0. The summed E-state index contributed by atoms with van der Waals surface area (Å²) in [5.74, 6) is 0. The first-order valence-corrected chi connectivity index (χ1v) is 12.9. The maximum Gasteiger partial charge on any atom is 0.326 e. The zero-order chi connectivity index (χ0) is 26.1. The number of fused-ring (bicyclic) bond motifs is 1. The summed E-state index contributed by atoms with van der Waals surface area (Å²) in [6, 6.07) is 25.9. The van der Waals surface area contributed by atoms with E-state index in [-0.39, 0.29) is 23.0 Å². The minimum absolute atomic E-state index is 0.0321.